The van der Waals surface area contributed by atoms with Crippen LogP contribution >= 0.6 is 0 Å². The van der Waals surface area contributed by atoms with Crippen LogP contribution in [0.4, 0.5) is 0 Å². The summed E-state index contributed by atoms with van der Waals surface area (Å²) in [6.45, 7) is 11.5. The Bertz CT molecular complexity index is 364. The van der Waals surface area contributed by atoms with Crippen molar-refractivity contribution in [3.8, 4) is 0 Å². The molecule has 0 radical (unpaired) electrons. The summed E-state index contributed by atoms with van der Waals surface area (Å²) in [6, 6.07) is 8.78. The molecule has 0 spiro atoms. The summed E-state index contributed by atoms with van der Waals surface area (Å²) in [4.78, 5) is 0. The molecule has 0 fully saturated rings. The topological polar surface area (TPSA) is 35.2 Å². The highest BCUT2D eigenvalue weighted by Crippen LogP contribution is 2.25. The molecule has 0 aliphatic rings. The molecule has 1 aromatic carbocycles. The minimum Gasteiger partial charge on any atom is -0.376 e. The molecule has 2 nitrogen and oxygen atoms in total. The van der Waals surface area contributed by atoms with E-state index >= 15 is 0 Å². The Morgan fingerprint density at radius 2 is 1.58 bits per heavy atom. The van der Waals surface area contributed by atoms with E-state index in [1.165, 1.54) is 11.1 Å². The van der Waals surface area contributed by atoms with Crippen molar-refractivity contribution in [2.75, 3.05) is 6.61 Å². The van der Waals surface area contributed by atoms with Crippen LogP contribution in [-0.4, -0.2) is 18.8 Å². The lowest BCUT2D eigenvalue weighted by Gasteiger charge is -2.35. The van der Waals surface area contributed by atoms with Gasteiger partial charge in [-0.3, -0.25) is 0 Å². The van der Waals surface area contributed by atoms with Crippen LogP contribution < -0.4 is 5.73 Å². The first-order valence-electron chi connectivity index (χ1n) is 7.33. The maximum absolute atomic E-state index is 6.37. The Morgan fingerprint density at radius 3 is 2.00 bits per heavy atom. The van der Waals surface area contributed by atoms with Crippen molar-refractivity contribution in [2.45, 2.75) is 59.6 Å². The van der Waals surface area contributed by atoms with Crippen molar-refractivity contribution in [3.63, 3.8) is 0 Å². The molecule has 19 heavy (non-hydrogen) atoms. The summed E-state index contributed by atoms with van der Waals surface area (Å²) in [7, 11) is 0. The van der Waals surface area contributed by atoms with Gasteiger partial charge in [0, 0.05) is 12.6 Å². The third-order valence-corrected chi connectivity index (χ3v) is 3.49. The minimum absolute atomic E-state index is 0.0347. The van der Waals surface area contributed by atoms with Gasteiger partial charge in [0.1, 0.15) is 0 Å². The molecule has 1 aromatic rings. The van der Waals surface area contributed by atoms with Crippen molar-refractivity contribution in [1.82, 2.24) is 0 Å². The Hall–Kier alpha value is -0.860. The van der Waals surface area contributed by atoms with Gasteiger partial charge < -0.3 is 10.5 Å². The van der Waals surface area contributed by atoms with Gasteiger partial charge >= 0.3 is 0 Å². The first-order valence-corrected chi connectivity index (χ1v) is 7.33. The van der Waals surface area contributed by atoms with E-state index in [1.807, 2.05) is 6.92 Å². The van der Waals surface area contributed by atoms with Gasteiger partial charge in [0.2, 0.25) is 0 Å². The van der Waals surface area contributed by atoms with E-state index in [0.717, 1.165) is 12.8 Å². The van der Waals surface area contributed by atoms with E-state index in [0.29, 0.717) is 6.61 Å². The Kier molecular flexibility index (Phi) is 6.02. The molecule has 2 unspecified atom stereocenters. The van der Waals surface area contributed by atoms with Crippen molar-refractivity contribution >= 4 is 0 Å². The van der Waals surface area contributed by atoms with Gasteiger partial charge in [-0.2, -0.15) is 0 Å². The second kappa shape index (κ2) is 7.06. The highest BCUT2D eigenvalue weighted by atomic mass is 16.5. The standard InChI is InChI=1S/C17H29NO/c1-6-13-8-10-14(11-9-13)12-15(18)16(19-7-2)17(3,4)5/h8-11,15-16H,6-7,12,18H2,1-5H3. The summed E-state index contributed by atoms with van der Waals surface area (Å²) in [5.41, 5.74) is 9.10. The molecule has 0 saturated carbocycles. The summed E-state index contributed by atoms with van der Waals surface area (Å²) < 4.78 is 5.86. The lowest BCUT2D eigenvalue weighted by atomic mass is 9.82. The Balaban J connectivity index is 2.72. The number of aryl methyl sites for hydroxylation is 1. The first-order chi connectivity index (χ1) is 8.88. The van der Waals surface area contributed by atoms with Gasteiger partial charge in [-0.25, -0.2) is 0 Å². The van der Waals surface area contributed by atoms with Gasteiger partial charge in [-0.1, -0.05) is 52.0 Å². The first kappa shape index (κ1) is 16.2. The van der Waals surface area contributed by atoms with Crippen LogP contribution in [0.15, 0.2) is 24.3 Å². The molecule has 2 heteroatoms. The van der Waals surface area contributed by atoms with E-state index < -0.39 is 0 Å². The molecule has 108 valence electrons. The molecule has 0 saturated heterocycles. The predicted octanol–water partition coefficient (Wildman–Crippen LogP) is 3.57. The van der Waals surface area contributed by atoms with Crippen LogP contribution in [0, 0.1) is 5.41 Å². The van der Waals surface area contributed by atoms with Gasteiger partial charge in [0.05, 0.1) is 6.10 Å². The molecule has 0 aliphatic carbocycles. The molecule has 2 N–H and O–H groups in total. The fraction of sp³-hybridized carbons (Fsp3) is 0.647. The van der Waals surface area contributed by atoms with E-state index in [1.54, 1.807) is 0 Å². The van der Waals surface area contributed by atoms with Crippen LogP contribution in [0.1, 0.15) is 45.7 Å². The average Bonchev–Trinajstić information content (AvgIpc) is 2.35. The molecule has 1 rings (SSSR count). The zero-order valence-corrected chi connectivity index (χ0v) is 13.1. The monoisotopic (exact) mass is 263 g/mol. The van der Waals surface area contributed by atoms with E-state index in [2.05, 4.69) is 52.0 Å². The largest absolute Gasteiger partial charge is 0.376 e. The van der Waals surface area contributed by atoms with Gasteiger partial charge in [-0.15, -0.1) is 0 Å². The third kappa shape index (κ3) is 4.96. The number of hydrogen-bond acceptors (Lipinski definition) is 2. The second-order valence-corrected chi connectivity index (χ2v) is 6.28. The van der Waals surface area contributed by atoms with Gasteiger partial charge in [0.15, 0.2) is 0 Å². The van der Waals surface area contributed by atoms with Gasteiger partial charge in [-0.05, 0) is 36.3 Å². The summed E-state index contributed by atoms with van der Waals surface area (Å²) >= 11 is 0. The molecule has 0 aliphatic heterocycles. The molecule has 0 amide bonds. The molecule has 0 bridgehead atoms. The smallest absolute Gasteiger partial charge is 0.0777 e. The zero-order valence-electron chi connectivity index (χ0n) is 13.1. The second-order valence-electron chi connectivity index (χ2n) is 6.28. The van der Waals surface area contributed by atoms with Crippen LogP contribution in [-0.2, 0) is 17.6 Å². The predicted molar refractivity (Wildman–Crippen MR) is 82.4 cm³/mol. The highest BCUT2D eigenvalue weighted by molar-refractivity contribution is 5.23. The van der Waals surface area contributed by atoms with Crippen molar-refractivity contribution in [2.24, 2.45) is 11.1 Å². The lowest BCUT2D eigenvalue weighted by Crippen LogP contribution is -2.46. The van der Waals surface area contributed by atoms with Crippen LogP contribution in [0.5, 0.6) is 0 Å². The summed E-state index contributed by atoms with van der Waals surface area (Å²) in [6.07, 6.45) is 2.03. The third-order valence-electron chi connectivity index (χ3n) is 3.49. The zero-order chi connectivity index (χ0) is 14.5. The molecule has 0 heterocycles. The quantitative estimate of drug-likeness (QED) is 0.851. The van der Waals surface area contributed by atoms with Crippen molar-refractivity contribution in [3.05, 3.63) is 35.4 Å². The number of rotatable bonds is 6. The fourth-order valence-electron chi connectivity index (χ4n) is 2.49. The van der Waals surface area contributed by atoms with Crippen molar-refractivity contribution < 1.29 is 4.74 Å². The molecule has 0 aromatic heterocycles. The van der Waals surface area contributed by atoms with Crippen LogP contribution in [0.3, 0.4) is 0 Å². The van der Waals surface area contributed by atoms with Crippen LogP contribution in [0.25, 0.3) is 0 Å². The maximum Gasteiger partial charge on any atom is 0.0777 e. The highest BCUT2D eigenvalue weighted by Gasteiger charge is 2.30. The summed E-state index contributed by atoms with van der Waals surface area (Å²) in [5.74, 6) is 0. The van der Waals surface area contributed by atoms with E-state index in [9.17, 15) is 0 Å². The van der Waals surface area contributed by atoms with Gasteiger partial charge in [0.25, 0.3) is 0 Å². The Morgan fingerprint density at radius 1 is 1.05 bits per heavy atom. The fourth-order valence-corrected chi connectivity index (χ4v) is 2.49. The van der Waals surface area contributed by atoms with Crippen molar-refractivity contribution in [1.29, 1.82) is 0 Å². The number of nitrogens with two attached hydrogens (primary N) is 1. The summed E-state index contributed by atoms with van der Waals surface area (Å²) in [5, 5.41) is 0. The van der Waals surface area contributed by atoms with E-state index in [4.69, 9.17) is 10.5 Å². The van der Waals surface area contributed by atoms with Crippen LogP contribution in [0.2, 0.25) is 0 Å². The van der Waals surface area contributed by atoms with E-state index in [-0.39, 0.29) is 17.6 Å². The molecular weight excluding hydrogens is 234 g/mol. The molecular formula is C17H29NO. The SMILES string of the molecule is CCOC(C(N)Cc1ccc(CC)cc1)C(C)(C)C. The lowest BCUT2D eigenvalue weighted by molar-refractivity contribution is -0.0274. The average molecular weight is 263 g/mol. The maximum atomic E-state index is 6.37. The number of benzene rings is 1. The molecule has 2 atom stereocenters. The minimum atomic E-state index is 0.0347. The number of ether oxygens (including phenoxy) is 1. The normalized spacial score (nSPS) is 15.3. The number of hydrogen-bond donors (Lipinski definition) is 1. The Labute approximate surface area is 118 Å².